The molecule has 0 saturated carbocycles. The number of rotatable bonds is 4. The third-order valence-electron chi connectivity index (χ3n) is 1.73. The SMILES string of the molecule is Cc1ccc(CCNC(=O)CC#N)o1. The predicted molar refractivity (Wildman–Crippen MR) is 50.4 cm³/mol. The van der Waals surface area contributed by atoms with Crippen molar-refractivity contribution in [3.63, 3.8) is 0 Å². The van der Waals surface area contributed by atoms with E-state index in [1.807, 2.05) is 19.1 Å². The van der Waals surface area contributed by atoms with Crippen LogP contribution in [0.25, 0.3) is 0 Å². The van der Waals surface area contributed by atoms with Gasteiger partial charge in [0, 0.05) is 13.0 Å². The van der Waals surface area contributed by atoms with Gasteiger partial charge in [-0.2, -0.15) is 5.26 Å². The minimum absolute atomic E-state index is 0.0861. The highest BCUT2D eigenvalue weighted by molar-refractivity contribution is 5.77. The number of nitrogens with zero attached hydrogens (tertiary/aromatic N) is 1. The van der Waals surface area contributed by atoms with Gasteiger partial charge in [0.2, 0.25) is 5.91 Å². The molecule has 4 heteroatoms. The molecule has 1 aromatic heterocycles. The van der Waals surface area contributed by atoms with E-state index in [2.05, 4.69) is 5.32 Å². The zero-order chi connectivity index (χ0) is 10.4. The van der Waals surface area contributed by atoms with Crippen LogP contribution >= 0.6 is 0 Å². The third-order valence-corrected chi connectivity index (χ3v) is 1.73. The monoisotopic (exact) mass is 192 g/mol. The lowest BCUT2D eigenvalue weighted by molar-refractivity contribution is -0.120. The fourth-order valence-electron chi connectivity index (χ4n) is 1.08. The number of nitriles is 1. The molecule has 0 saturated heterocycles. The van der Waals surface area contributed by atoms with E-state index >= 15 is 0 Å². The second-order valence-corrected chi connectivity index (χ2v) is 2.95. The fourth-order valence-corrected chi connectivity index (χ4v) is 1.08. The summed E-state index contributed by atoms with van der Waals surface area (Å²) in [4.78, 5) is 10.9. The maximum Gasteiger partial charge on any atom is 0.234 e. The van der Waals surface area contributed by atoms with E-state index in [-0.39, 0.29) is 12.3 Å². The number of furan rings is 1. The summed E-state index contributed by atoms with van der Waals surface area (Å²) < 4.78 is 5.31. The van der Waals surface area contributed by atoms with E-state index in [4.69, 9.17) is 9.68 Å². The van der Waals surface area contributed by atoms with Crippen molar-refractivity contribution in [2.75, 3.05) is 6.54 Å². The van der Waals surface area contributed by atoms with Crippen LogP contribution in [0, 0.1) is 18.3 Å². The molecule has 74 valence electrons. The molecule has 0 spiro atoms. The average Bonchev–Trinajstić information content (AvgIpc) is 2.52. The van der Waals surface area contributed by atoms with Crippen LogP contribution in [0.1, 0.15) is 17.9 Å². The largest absolute Gasteiger partial charge is 0.466 e. The minimum atomic E-state index is -0.240. The van der Waals surface area contributed by atoms with Crippen molar-refractivity contribution in [3.05, 3.63) is 23.7 Å². The highest BCUT2D eigenvalue weighted by Gasteiger charge is 2.01. The van der Waals surface area contributed by atoms with Crippen LogP contribution in [-0.4, -0.2) is 12.5 Å². The van der Waals surface area contributed by atoms with Gasteiger partial charge in [0.1, 0.15) is 17.9 Å². The molecule has 0 radical (unpaired) electrons. The molecule has 4 nitrogen and oxygen atoms in total. The highest BCUT2D eigenvalue weighted by atomic mass is 16.3. The van der Waals surface area contributed by atoms with Crippen molar-refractivity contribution in [1.82, 2.24) is 5.32 Å². The van der Waals surface area contributed by atoms with Gasteiger partial charge in [-0.1, -0.05) is 0 Å². The Balaban J connectivity index is 2.22. The smallest absolute Gasteiger partial charge is 0.234 e. The molecule has 0 aliphatic carbocycles. The van der Waals surface area contributed by atoms with Gasteiger partial charge in [-0.05, 0) is 19.1 Å². The third kappa shape index (κ3) is 3.31. The Morgan fingerprint density at radius 3 is 3.00 bits per heavy atom. The highest BCUT2D eigenvalue weighted by Crippen LogP contribution is 2.05. The van der Waals surface area contributed by atoms with Crippen LogP contribution in [0.5, 0.6) is 0 Å². The van der Waals surface area contributed by atoms with Gasteiger partial charge in [0.15, 0.2) is 0 Å². The molecule has 1 N–H and O–H groups in total. The van der Waals surface area contributed by atoms with E-state index in [0.717, 1.165) is 11.5 Å². The van der Waals surface area contributed by atoms with Crippen LogP contribution in [0.4, 0.5) is 0 Å². The summed E-state index contributed by atoms with van der Waals surface area (Å²) in [6.07, 6.45) is 0.572. The summed E-state index contributed by atoms with van der Waals surface area (Å²) in [5, 5.41) is 10.8. The second kappa shape index (κ2) is 5.07. The summed E-state index contributed by atoms with van der Waals surface area (Å²) in [7, 11) is 0. The van der Waals surface area contributed by atoms with E-state index in [0.29, 0.717) is 13.0 Å². The van der Waals surface area contributed by atoms with Gasteiger partial charge in [0.25, 0.3) is 0 Å². The van der Waals surface area contributed by atoms with E-state index in [1.54, 1.807) is 6.07 Å². The number of carbonyl (C=O) groups excluding carboxylic acids is 1. The standard InChI is InChI=1S/C10H12N2O2/c1-8-2-3-9(14-8)5-7-12-10(13)4-6-11/h2-3H,4-5,7H2,1H3,(H,12,13). The molecule has 0 aliphatic heterocycles. The van der Waals surface area contributed by atoms with Gasteiger partial charge >= 0.3 is 0 Å². The van der Waals surface area contributed by atoms with Crippen LogP contribution in [0.15, 0.2) is 16.5 Å². The molecule has 0 atom stereocenters. The lowest BCUT2D eigenvalue weighted by Crippen LogP contribution is -2.24. The Morgan fingerprint density at radius 2 is 2.43 bits per heavy atom. The Labute approximate surface area is 82.5 Å². The molecule has 1 aromatic rings. The molecule has 0 aliphatic rings. The number of aryl methyl sites for hydroxylation is 1. The molecule has 1 heterocycles. The van der Waals surface area contributed by atoms with E-state index in [1.165, 1.54) is 0 Å². The number of amides is 1. The van der Waals surface area contributed by atoms with Crippen molar-refractivity contribution in [1.29, 1.82) is 5.26 Å². The van der Waals surface area contributed by atoms with Crippen molar-refractivity contribution in [3.8, 4) is 6.07 Å². The zero-order valence-electron chi connectivity index (χ0n) is 8.04. The van der Waals surface area contributed by atoms with Crippen LogP contribution in [-0.2, 0) is 11.2 Å². The maximum atomic E-state index is 10.9. The van der Waals surface area contributed by atoms with Gasteiger partial charge in [-0.15, -0.1) is 0 Å². The summed E-state index contributed by atoms with van der Waals surface area (Å²) in [6.45, 7) is 2.38. The molecular formula is C10H12N2O2. The first-order valence-corrected chi connectivity index (χ1v) is 4.41. The quantitative estimate of drug-likeness (QED) is 0.778. The molecule has 1 rings (SSSR count). The first-order chi connectivity index (χ1) is 6.72. The van der Waals surface area contributed by atoms with Gasteiger partial charge in [0.05, 0.1) is 6.07 Å². The normalized spacial score (nSPS) is 9.43. The fraction of sp³-hybridized carbons (Fsp3) is 0.400. The lowest BCUT2D eigenvalue weighted by Gasteiger charge is -1.99. The Morgan fingerprint density at radius 1 is 1.64 bits per heavy atom. The van der Waals surface area contributed by atoms with Crippen molar-refractivity contribution >= 4 is 5.91 Å². The Kier molecular flexibility index (Phi) is 3.74. The summed E-state index contributed by atoms with van der Waals surface area (Å²) >= 11 is 0. The first kappa shape index (κ1) is 10.3. The van der Waals surface area contributed by atoms with Crippen LogP contribution in [0.3, 0.4) is 0 Å². The molecule has 0 fully saturated rings. The topological polar surface area (TPSA) is 66.0 Å². The zero-order valence-corrected chi connectivity index (χ0v) is 8.04. The molecule has 1 amide bonds. The van der Waals surface area contributed by atoms with Crippen molar-refractivity contribution in [2.45, 2.75) is 19.8 Å². The number of hydrogen-bond donors (Lipinski definition) is 1. The lowest BCUT2D eigenvalue weighted by atomic mass is 10.3. The van der Waals surface area contributed by atoms with Gasteiger partial charge in [-0.3, -0.25) is 4.79 Å². The molecule has 14 heavy (non-hydrogen) atoms. The molecular weight excluding hydrogens is 180 g/mol. The Bertz CT molecular complexity index is 349. The number of nitrogens with one attached hydrogen (secondary N) is 1. The van der Waals surface area contributed by atoms with Gasteiger partial charge < -0.3 is 9.73 Å². The maximum absolute atomic E-state index is 10.9. The summed E-state index contributed by atoms with van der Waals surface area (Å²) in [5.74, 6) is 1.47. The summed E-state index contributed by atoms with van der Waals surface area (Å²) in [6, 6.07) is 5.55. The second-order valence-electron chi connectivity index (χ2n) is 2.95. The molecule has 0 bridgehead atoms. The summed E-state index contributed by atoms with van der Waals surface area (Å²) in [5.41, 5.74) is 0. The first-order valence-electron chi connectivity index (χ1n) is 4.41. The van der Waals surface area contributed by atoms with Crippen LogP contribution in [0.2, 0.25) is 0 Å². The van der Waals surface area contributed by atoms with E-state index < -0.39 is 0 Å². The van der Waals surface area contributed by atoms with Gasteiger partial charge in [-0.25, -0.2) is 0 Å². The molecule has 0 aromatic carbocycles. The predicted octanol–water partition coefficient (Wildman–Crippen LogP) is 1.16. The van der Waals surface area contributed by atoms with Crippen LogP contribution < -0.4 is 5.32 Å². The van der Waals surface area contributed by atoms with Crippen molar-refractivity contribution in [2.24, 2.45) is 0 Å². The minimum Gasteiger partial charge on any atom is -0.466 e. The molecule has 0 unspecified atom stereocenters. The van der Waals surface area contributed by atoms with E-state index in [9.17, 15) is 4.79 Å². The average molecular weight is 192 g/mol. The number of carbonyl (C=O) groups is 1. The Hall–Kier alpha value is -1.76. The number of hydrogen-bond acceptors (Lipinski definition) is 3. The van der Waals surface area contributed by atoms with Crippen molar-refractivity contribution < 1.29 is 9.21 Å².